The van der Waals surface area contributed by atoms with Crippen LogP contribution in [0, 0.1) is 17.8 Å². The first-order valence-corrected chi connectivity index (χ1v) is 5.24. The van der Waals surface area contributed by atoms with Crippen molar-refractivity contribution in [3.8, 4) is 0 Å². The fourth-order valence-corrected chi connectivity index (χ4v) is 3.23. The molecule has 1 aliphatic heterocycles. The lowest BCUT2D eigenvalue weighted by molar-refractivity contribution is 0.0981. The zero-order valence-electron chi connectivity index (χ0n) is 7.82. The first-order valence-electron chi connectivity index (χ1n) is 5.24. The second-order valence-corrected chi connectivity index (χ2v) is 4.55. The molecule has 2 nitrogen and oxygen atoms in total. The summed E-state index contributed by atoms with van der Waals surface area (Å²) in [6, 6.07) is 0. The van der Waals surface area contributed by atoms with Gasteiger partial charge in [-0.3, -0.25) is 0 Å². The average molecular weight is 180 g/mol. The highest BCUT2D eigenvalue weighted by Gasteiger charge is 2.62. The van der Waals surface area contributed by atoms with E-state index in [0.29, 0.717) is 18.8 Å². The van der Waals surface area contributed by atoms with E-state index in [9.17, 15) is 0 Å². The van der Waals surface area contributed by atoms with E-state index in [0.717, 1.165) is 24.4 Å². The van der Waals surface area contributed by atoms with Gasteiger partial charge in [0.2, 0.25) is 0 Å². The summed E-state index contributed by atoms with van der Waals surface area (Å²) >= 11 is 0. The second kappa shape index (κ2) is 2.82. The number of epoxide rings is 1. The molecular weight excluding hydrogens is 164 g/mol. The number of hydrogen-bond donors (Lipinski definition) is 0. The summed E-state index contributed by atoms with van der Waals surface area (Å²) in [5, 5.41) is 0. The number of ether oxygens (including phenoxy) is 2. The van der Waals surface area contributed by atoms with E-state index in [1.165, 1.54) is 12.8 Å². The van der Waals surface area contributed by atoms with E-state index >= 15 is 0 Å². The maximum Gasteiger partial charge on any atom is 0.0876 e. The molecule has 0 radical (unpaired) electrons. The Morgan fingerprint density at radius 1 is 1.38 bits per heavy atom. The molecule has 0 aromatic rings. The molecule has 13 heavy (non-hydrogen) atoms. The van der Waals surface area contributed by atoms with Crippen molar-refractivity contribution in [2.24, 2.45) is 17.8 Å². The third-order valence-corrected chi connectivity index (χ3v) is 3.80. The Morgan fingerprint density at radius 2 is 2.31 bits per heavy atom. The molecule has 5 atom stereocenters. The zero-order valence-corrected chi connectivity index (χ0v) is 7.82. The summed E-state index contributed by atoms with van der Waals surface area (Å²) in [6.45, 7) is 5.26. The molecule has 0 spiro atoms. The predicted octanol–water partition coefficient (Wildman–Crippen LogP) is 1.61. The molecule has 3 fully saturated rings. The molecule has 1 heterocycles. The first-order chi connectivity index (χ1) is 6.40. The molecule has 3 aliphatic rings. The molecule has 2 bridgehead atoms. The zero-order chi connectivity index (χ0) is 8.84. The lowest BCUT2D eigenvalue weighted by atomic mass is 9.89. The van der Waals surface area contributed by atoms with Gasteiger partial charge < -0.3 is 9.47 Å². The van der Waals surface area contributed by atoms with Crippen LogP contribution in [0.5, 0.6) is 0 Å². The van der Waals surface area contributed by atoms with Gasteiger partial charge in [-0.15, -0.1) is 6.58 Å². The Balaban J connectivity index is 1.53. The van der Waals surface area contributed by atoms with Crippen molar-refractivity contribution in [2.45, 2.75) is 25.0 Å². The van der Waals surface area contributed by atoms with Crippen molar-refractivity contribution < 1.29 is 9.47 Å². The van der Waals surface area contributed by atoms with Crippen LogP contribution >= 0.6 is 0 Å². The van der Waals surface area contributed by atoms with E-state index in [2.05, 4.69) is 6.58 Å². The van der Waals surface area contributed by atoms with Gasteiger partial charge in [-0.2, -0.15) is 0 Å². The van der Waals surface area contributed by atoms with Gasteiger partial charge in [0.05, 0.1) is 25.4 Å². The van der Waals surface area contributed by atoms with Crippen molar-refractivity contribution in [3.63, 3.8) is 0 Å². The molecule has 72 valence electrons. The Hall–Kier alpha value is -0.340. The molecule has 0 aromatic carbocycles. The Kier molecular flexibility index (Phi) is 1.74. The van der Waals surface area contributed by atoms with Gasteiger partial charge in [-0.05, 0) is 30.6 Å². The highest BCUT2D eigenvalue weighted by Crippen LogP contribution is 2.58. The largest absolute Gasteiger partial charge is 0.377 e. The minimum Gasteiger partial charge on any atom is -0.377 e. The second-order valence-electron chi connectivity index (χ2n) is 4.55. The molecule has 5 unspecified atom stereocenters. The van der Waals surface area contributed by atoms with Crippen LogP contribution in [-0.2, 0) is 9.47 Å². The molecule has 2 saturated carbocycles. The van der Waals surface area contributed by atoms with Gasteiger partial charge in [0.1, 0.15) is 0 Å². The third kappa shape index (κ3) is 1.16. The lowest BCUT2D eigenvalue weighted by Gasteiger charge is -2.18. The summed E-state index contributed by atoms with van der Waals surface area (Å²) in [4.78, 5) is 0. The van der Waals surface area contributed by atoms with Crippen molar-refractivity contribution in [3.05, 3.63) is 12.7 Å². The van der Waals surface area contributed by atoms with E-state index in [1.807, 2.05) is 6.08 Å². The van der Waals surface area contributed by atoms with Crippen LogP contribution in [0.15, 0.2) is 12.7 Å². The van der Waals surface area contributed by atoms with E-state index in [1.54, 1.807) is 0 Å². The smallest absolute Gasteiger partial charge is 0.0876 e. The molecule has 1 saturated heterocycles. The Bertz CT molecular complexity index is 226. The third-order valence-electron chi connectivity index (χ3n) is 3.80. The van der Waals surface area contributed by atoms with Gasteiger partial charge in [0.15, 0.2) is 0 Å². The molecule has 0 amide bonds. The van der Waals surface area contributed by atoms with E-state index < -0.39 is 0 Å². The molecule has 3 rings (SSSR count). The summed E-state index contributed by atoms with van der Waals surface area (Å²) in [5.74, 6) is 2.46. The van der Waals surface area contributed by atoms with Gasteiger partial charge in [0.25, 0.3) is 0 Å². The van der Waals surface area contributed by atoms with Crippen molar-refractivity contribution in [1.29, 1.82) is 0 Å². The lowest BCUT2D eigenvalue weighted by Crippen LogP contribution is -2.22. The monoisotopic (exact) mass is 180 g/mol. The number of hydrogen-bond acceptors (Lipinski definition) is 2. The summed E-state index contributed by atoms with van der Waals surface area (Å²) in [5.41, 5.74) is 0. The summed E-state index contributed by atoms with van der Waals surface area (Å²) in [6.07, 6.45) is 5.83. The predicted molar refractivity (Wildman–Crippen MR) is 49.4 cm³/mol. The summed E-state index contributed by atoms with van der Waals surface area (Å²) in [7, 11) is 0. The standard InChI is InChI=1S/C11H16O2/c1-2-3-12-6-8-4-7-5-9(8)11-10(7)13-11/h2,7-11H,1,3-6H2. The number of rotatable bonds is 4. The molecule has 2 aliphatic carbocycles. The van der Waals surface area contributed by atoms with Crippen LogP contribution in [0.4, 0.5) is 0 Å². The van der Waals surface area contributed by atoms with Crippen LogP contribution < -0.4 is 0 Å². The Morgan fingerprint density at radius 3 is 3.00 bits per heavy atom. The van der Waals surface area contributed by atoms with Gasteiger partial charge in [-0.1, -0.05) is 6.08 Å². The minimum absolute atomic E-state index is 0.621. The van der Waals surface area contributed by atoms with Crippen LogP contribution in [0.25, 0.3) is 0 Å². The van der Waals surface area contributed by atoms with Crippen molar-refractivity contribution in [2.75, 3.05) is 13.2 Å². The normalized spacial score (nSPS) is 50.6. The van der Waals surface area contributed by atoms with Crippen LogP contribution in [0.2, 0.25) is 0 Å². The topological polar surface area (TPSA) is 21.8 Å². The van der Waals surface area contributed by atoms with E-state index in [-0.39, 0.29) is 0 Å². The van der Waals surface area contributed by atoms with Crippen molar-refractivity contribution >= 4 is 0 Å². The molecule has 0 aromatic heterocycles. The quantitative estimate of drug-likeness (QED) is 0.372. The van der Waals surface area contributed by atoms with Gasteiger partial charge in [0, 0.05) is 0 Å². The fraction of sp³-hybridized carbons (Fsp3) is 0.818. The maximum absolute atomic E-state index is 5.60. The molecular formula is C11H16O2. The van der Waals surface area contributed by atoms with Crippen molar-refractivity contribution in [1.82, 2.24) is 0 Å². The average Bonchev–Trinajstić information content (AvgIpc) is 2.76. The maximum atomic E-state index is 5.60. The van der Waals surface area contributed by atoms with Crippen LogP contribution in [0.3, 0.4) is 0 Å². The number of fused-ring (bicyclic) bond motifs is 5. The van der Waals surface area contributed by atoms with Crippen LogP contribution in [0.1, 0.15) is 12.8 Å². The van der Waals surface area contributed by atoms with Gasteiger partial charge in [-0.25, -0.2) is 0 Å². The van der Waals surface area contributed by atoms with E-state index in [4.69, 9.17) is 9.47 Å². The highest BCUT2D eigenvalue weighted by molar-refractivity contribution is 5.10. The molecule has 0 N–H and O–H groups in total. The summed E-state index contributed by atoms with van der Waals surface area (Å²) < 4.78 is 11.1. The Labute approximate surface area is 78.9 Å². The minimum atomic E-state index is 0.621. The molecule has 2 heteroatoms. The SMILES string of the molecule is C=CCOCC1CC2CC1C1OC21. The first kappa shape index (κ1) is 8.01. The fourth-order valence-electron chi connectivity index (χ4n) is 3.23. The van der Waals surface area contributed by atoms with Crippen LogP contribution in [-0.4, -0.2) is 25.4 Å². The highest BCUT2D eigenvalue weighted by atomic mass is 16.6. The van der Waals surface area contributed by atoms with Gasteiger partial charge >= 0.3 is 0 Å².